The molecule has 0 fully saturated rings. The van der Waals surface area contributed by atoms with E-state index in [9.17, 15) is 4.79 Å². The third-order valence-electron chi connectivity index (χ3n) is 4.12. The summed E-state index contributed by atoms with van der Waals surface area (Å²) in [5, 5.41) is 11.9. The predicted molar refractivity (Wildman–Crippen MR) is 106 cm³/mol. The molecule has 1 unspecified atom stereocenters. The maximum absolute atomic E-state index is 12.4. The van der Waals surface area contributed by atoms with Crippen molar-refractivity contribution in [1.29, 1.82) is 0 Å². The summed E-state index contributed by atoms with van der Waals surface area (Å²) in [7, 11) is 1.92. The minimum Gasteiger partial charge on any atom is -0.325 e. The van der Waals surface area contributed by atoms with E-state index in [-0.39, 0.29) is 11.2 Å². The number of carbonyl (C=O) groups is 1. The van der Waals surface area contributed by atoms with Crippen molar-refractivity contribution in [1.82, 2.24) is 14.8 Å². The normalized spacial score (nSPS) is 12.0. The average molecular weight is 366 g/mol. The zero-order valence-corrected chi connectivity index (χ0v) is 16.2. The van der Waals surface area contributed by atoms with Gasteiger partial charge in [-0.2, -0.15) is 0 Å². The highest BCUT2D eigenvalue weighted by Gasteiger charge is 2.19. The summed E-state index contributed by atoms with van der Waals surface area (Å²) in [6.45, 7) is 5.94. The van der Waals surface area contributed by atoms with Crippen molar-refractivity contribution in [3.8, 4) is 11.4 Å². The van der Waals surface area contributed by atoms with Gasteiger partial charge in [0.05, 0.1) is 5.25 Å². The van der Waals surface area contributed by atoms with Crippen molar-refractivity contribution in [3.05, 3.63) is 59.7 Å². The standard InChI is InChI=1S/C20H22N4OS/c1-13-5-9-16(10-6-13)18-22-23-20(24(18)4)26-15(3)19(25)21-17-11-7-14(2)8-12-17/h5-12,15H,1-4H3,(H,21,25). The van der Waals surface area contributed by atoms with Gasteiger partial charge in [0, 0.05) is 18.3 Å². The first kappa shape index (κ1) is 18.2. The van der Waals surface area contributed by atoms with Gasteiger partial charge < -0.3 is 9.88 Å². The first-order valence-electron chi connectivity index (χ1n) is 8.44. The van der Waals surface area contributed by atoms with Crippen LogP contribution >= 0.6 is 11.8 Å². The van der Waals surface area contributed by atoms with Gasteiger partial charge >= 0.3 is 0 Å². The first-order valence-corrected chi connectivity index (χ1v) is 9.32. The van der Waals surface area contributed by atoms with Gasteiger partial charge in [-0.25, -0.2) is 0 Å². The molecular weight excluding hydrogens is 344 g/mol. The Bertz CT molecular complexity index is 901. The number of aromatic nitrogens is 3. The molecule has 1 N–H and O–H groups in total. The number of hydrogen-bond acceptors (Lipinski definition) is 4. The second-order valence-corrected chi connectivity index (χ2v) is 7.65. The molecule has 0 radical (unpaired) electrons. The molecule has 134 valence electrons. The molecule has 0 saturated carbocycles. The van der Waals surface area contributed by atoms with Gasteiger partial charge in [0.25, 0.3) is 0 Å². The lowest BCUT2D eigenvalue weighted by Crippen LogP contribution is -2.22. The van der Waals surface area contributed by atoms with Crippen molar-refractivity contribution < 1.29 is 4.79 Å². The van der Waals surface area contributed by atoms with Crippen LogP contribution in [-0.2, 0) is 11.8 Å². The van der Waals surface area contributed by atoms with E-state index in [0.717, 1.165) is 22.6 Å². The minimum absolute atomic E-state index is 0.0567. The number of anilines is 1. The molecule has 0 aliphatic heterocycles. The Morgan fingerprint density at radius 3 is 2.19 bits per heavy atom. The SMILES string of the molecule is Cc1ccc(NC(=O)C(C)Sc2nnc(-c3ccc(C)cc3)n2C)cc1. The fourth-order valence-electron chi connectivity index (χ4n) is 2.46. The molecule has 1 aromatic heterocycles. The van der Waals surface area contributed by atoms with Gasteiger partial charge in [-0.05, 0) is 32.9 Å². The van der Waals surface area contributed by atoms with E-state index in [4.69, 9.17) is 0 Å². The molecule has 0 bridgehead atoms. The minimum atomic E-state index is -0.287. The highest BCUT2D eigenvalue weighted by Crippen LogP contribution is 2.26. The fraction of sp³-hybridized carbons (Fsp3) is 0.250. The van der Waals surface area contributed by atoms with Crippen LogP contribution in [0.15, 0.2) is 53.7 Å². The monoisotopic (exact) mass is 366 g/mol. The molecule has 5 nitrogen and oxygen atoms in total. The Labute approximate surface area is 157 Å². The zero-order valence-electron chi connectivity index (χ0n) is 15.4. The molecule has 6 heteroatoms. The second kappa shape index (κ2) is 7.74. The first-order chi connectivity index (χ1) is 12.4. The van der Waals surface area contributed by atoms with Crippen LogP contribution in [0.25, 0.3) is 11.4 Å². The Balaban J connectivity index is 1.69. The number of nitrogens with zero attached hydrogens (tertiary/aromatic N) is 3. The van der Waals surface area contributed by atoms with Crippen LogP contribution in [0.3, 0.4) is 0 Å². The quantitative estimate of drug-likeness (QED) is 0.687. The molecule has 2 aromatic carbocycles. The molecule has 0 aliphatic rings. The van der Waals surface area contributed by atoms with Gasteiger partial charge in [0.1, 0.15) is 0 Å². The number of aryl methyl sites for hydroxylation is 2. The molecule has 1 heterocycles. The number of benzene rings is 2. The maximum Gasteiger partial charge on any atom is 0.237 e. The molecule has 0 aliphatic carbocycles. The van der Waals surface area contributed by atoms with Crippen LogP contribution in [0.4, 0.5) is 5.69 Å². The van der Waals surface area contributed by atoms with Crippen molar-refractivity contribution in [2.24, 2.45) is 7.05 Å². The maximum atomic E-state index is 12.4. The molecule has 0 spiro atoms. The average Bonchev–Trinajstić information content (AvgIpc) is 2.98. The Hall–Kier alpha value is -2.60. The Morgan fingerprint density at radius 2 is 1.58 bits per heavy atom. The topological polar surface area (TPSA) is 59.8 Å². The van der Waals surface area contributed by atoms with E-state index in [1.54, 1.807) is 0 Å². The lowest BCUT2D eigenvalue weighted by atomic mass is 10.1. The Morgan fingerprint density at radius 1 is 1.00 bits per heavy atom. The molecule has 26 heavy (non-hydrogen) atoms. The molecule has 1 amide bonds. The molecule has 0 saturated heterocycles. The van der Waals surface area contributed by atoms with Gasteiger partial charge in [0.2, 0.25) is 5.91 Å². The number of nitrogens with one attached hydrogen (secondary N) is 1. The van der Waals surface area contributed by atoms with E-state index < -0.39 is 0 Å². The third kappa shape index (κ3) is 4.14. The highest BCUT2D eigenvalue weighted by atomic mass is 32.2. The van der Waals surface area contributed by atoms with E-state index >= 15 is 0 Å². The van der Waals surface area contributed by atoms with Gasteiger partial charge in [-0.3, -0.25) is 4.79 Å². The fourth-order valence-corrected chi connectivity index (χ4v) is 3.28. The van der Waals surface area contributed by atoms with Crippen LogP contribution in [0.2, 0.25) is 0 Å². The van der Waals surface area contributed by atoms with E-state index in [1.165, 1.54) is 17.3 Å². The van der Waals surface area contributed by atoms with Crippen LogP contribution in [0.5, 0.6) is 0 Å². The van der Waals surface area contributed by atoms with Crippen LogP contribution < -0.4 is 5.32 Å². The lowest BCUT2D eigenvalue weighted by molar-refractivity contribution is -0.115. The van der Waals surface area contributed by atoms with Crippen molar-refractivity contribution in [3.63, 3.8) is 0 Å². The largest absolute Gasteiger partial charge is 0.325 e. The summed E-state index contributed by atoms with van der Waals surface area (Å²) in [5.74, 6) is 0.734. The van der Waals surface area contributed by atoms with Gasteiger partial charge in [0.15, 0.2) is 11.0 Å². The smallest absolute Gasteiger partial charge is 0.237 e. The van der Waals surface area contributed by atoms with Gasteiger partial charge in [-0.1, -0.05) is 59.3 Å². The molecular formula is C20H22N4OS. The van der Waals surface area contributed by atoms with E-state index in [1.807, 2.05) is 61.9 Å². The van der Waals surface area contributed by atoms with E-state index in [0.29, 0.717) is 5.16 Å². The number of thioether (sulfide) groups is 1. The van der Waals surface area contributed by atoms with E-state index in [2.05, 4.69) is 34.6 Å². The summed E-state index contributed by atoms with van der Waals surface area (Å²) in [5.41, 5.74) is 4.17. The van der Waals surface area contributed by atoms with Crippen molar-refractivity contribution >= 4 is 23.4 Å². The number of carbonyl (C=O) groups excluding carboxylic acids is 1. The summed E-state index contributed by atoms with van der Waals surface area (Å²) in [4.78, 5) is 12.4. The summed E-state index contributed by atoms with van der Waals surface area (Å²) in [6, 6.07) is 15.9. The number of rotatable bonds is 5. The van der Waals surface area contributed by atoms with Crippen LogP contribution in [-0.4, -0.2) is 25.9 Å². The Kier molecular flexibility index (Phi) is 5.42. The highest BCUT2D eigenvalue weighted by molar-refractivity contribution is 8.00. The number of hydrogen-bond donors (Lipinski definition) is 1. The van der Waals surface area contributed by atoms with Crippen LogP contribution in [0, 0.1) is 13.8 Å². The third-order valence-corrected chi connectivity index (χ3v) is 5.25. The van der Waals surface area contributed by atoms with Gasteiger partial charge in [-0.15, -0.1) is 10.2 Å². The zero-order chi connectivity index (χ0) is 18.7. The molecule has 3 rings (SSSR count). The lowest BCUT2D eigenvalue weighted by Gasteiger charge is -2.12. The number of amides is 1. The second-order valence-electron chi connectivity index (χ2n) is 6.35. The van der Waals surface area contributed by atoms with Crippen molar-refractivity contribution in [2.45, 2.75) is 31.2 Å². The summed E-state index contributed by atoms with van der Waals surface area (Å²) in [6.07, 6.45) is 0. The summed E-state index contributed by atoms with van der Waals surface area (Å²) < 4.78 is 1.92. The molecule has 1 atom stereocenters. The van der Waals surface area contributed by atoms with Crippen LogP contribution in [0.1, 0.15) is 18.1 Å². The van der Waals surface area contributed by atoms with Crippen molar-refractivity contribution in [2.75, 3.05) is 5.32 Å². The molecule has 3 aromatic rings. The predicted octanol–water partition coefficient (Wildman–Crippen LogP) is 4.22. The summed E-state index contributed by atoms with van der Waals surface area (Å²) >= 11 is 1.40.